The van der Waals surface area contributed by atoms with E-state index in [9.17, 15) is 9.59 Å². The molecule has 8 heteroatoms. The summed E-state index contributed by atoms with van der Waals surface area (Å²) < 4.78 is 1.66. The quantitative estimate of drug-likeness (QED) is 0.783. The normalized spacial score (nSPS) is 15.4. The number of amides is 1. The van der Waals surface area contributed by atoms with Crippen molar-refractivity contribution in [2.24, 2.45) is 0 Å². The number of hydrogen-bond donors (Lipinski definition) is 2. The summed E-state index contributed by atoms with van der Waals surface area (Å²) in [4.78, 5) is 25.2. The SMILES string of the molecule is CSc1ccccc1NC(=O)[C@@H](C)Sc1n[nH]c(=O)n1C1CC1. The van der Waals surface area contributed by atoms with E-state index in [0.717, 1.165) is 23.4 Å². The summed E-state index contributed by atoms with van der Waals surface area (Å²) in [5.41, 5.74) is 0.606. The summed E-state index contributed by atoms with van der Waals surface area (Å²) in [6.45, 7) is 1.82. The number of carbonyl (C=O) groups excluding carboxylic acids is 1. The molecule has 0 unspecified atom stereocenters. The molecule has 1 heterocycles. The number of hydrogen-bond acceptors (Lipinski definition) is 5. The number of benzene rings is 1. The fraction of sp³-hybridized carbons (Fsp3) is 0.400. The summed E-state index contributed by atoms with van der Waals surface area (Å²) in [6.07, 6.45) is 3.96. The van der Waals surface area contributed by atoms with E-state index in [1.807, 2.05) is 37.4 Å². The van der Waals surface area contributed by atoms with Crippen LogP contribution in [0.1, 0.15) is 25.8 Å². The molecule has 0 bridgehead atoms. The zero-order valence-corrected chi connectivity index (χ0v) is 14.5. The molecular weight excluding hydrogens is 332 g/mol. The number of aromatic nitrogens is 3. The van der Waals surface area contributed by atoms with E-state index in [1.54, 1.807) is 16.3 Å². The third kappa shape index (κ3) is 3.64. The molecule has 1 amide bonds. The van der Waals surface area contributed by atoms with Crippen LogP contribution in [-0.4, -0.2) is 32.2 Å². The van der Waals surface area contributed by atoms with Crippen LogP contribution in [0.2, 0.25) is 0 Å². The molecule has 1 aliphatic carbocycles. The number of aromatic amines is 1. The van der Waals surface area contributed by atoms with E-state index < -0.39 is 0 Å². The number of carbonyl (C=O) groups is 1. The molecule has 1 atom stereocenters. The molecule has 23 heavy (non-hydrogen) atoms. The van der Waals surface area contributed by atoms with Crippen LogP contribution >= 0.6 is 23.5 Å². The molecule has 6 nitrogen and oxygen atoms in total. The highest BCUT2D eigenvalue weighted by Crippen LogP contribution is 2.37. The molecule has 1 aliphatic rings. The van der Waals surface area contributed by atoms with Crippen LogP contribution in [0, 0.1) is 0 Å². The van der Waals surface area contributed by atoms with Gasteiger partial charge in [0.2, 0.25) is 5.91 Å². The van der Waals surface area contributed by atoms with Crippen molar-refractivity contribution in [3.8, 4) is 0 Å². The van der Waals surface area contributed by atoms with Crippen molar-refractivity contribution in [1.29, 1.82) is 0 Å². The van der Waals surface area contributed by atoms with Crippen molar-refractivity contribution < 1.29 is 4.79 Å². The van der Waals surface area contributed by atoms with E-state index in [-0.39, 0.29) is 22.9 Å². The predicted octanol–water partition coefficient (Wildman–Crippen LogP) is 2.75. The van der Waals surface area contributed by atoms with Gasteiger partial charge in [0.1, 0.15) is 0 Å². The fourth-order valence-electron chi connectivity index (χ4n) is 2.22. The average molecular weight is 350 g/mol. The van der Waals surface area contributed by atoms with Crippen LogP contribution in [-0.2, 0) is 4.79 Å². The van der Waals surface area contributed by atoms with Crippen molar-refractivity contribution in [1.82, 2.24) is 14.8 Å². The fourth-order valence-corrected chi connectivity index (χ4v) is 3.70. The number of para-hydroxylation sites is 1. The molecule has 1 aromatic heterocycles. The lowest BCUT2D eigenvalue weighted by Crippen LogP contribution is -2.24. The van der Waals surface area contributed by atoms with Crippen LogP contribution in [0.5, 0.6) is 0 Å². The van der Waals surface area contributed by atoms with Gasteiger partial charge in [0.05, 0.1) is 10.9 Å². The summed E-state index contributed by atoms with van der Waals surface area (Å²) >= 11 is 2.89. The Balaban J connectivity index is 1.69. The highest BCUT2D eigenvalue weighted by atomic mass is 32.2. The van der Waals surface area contributed by atoms with E-state index in [1.165, 1.54) is 11.8 Å². The molecule has 0 spiro atoms. The van der Waals surface area contributed by atoms with Gasteiger partial charge >= 0.3 is 5.69 Å². The molecule has 1 saturated carbocycles. The van der Waals surface area contributed by atoms with Gasteiger partial charge in [0.15, 0.2) is 5.16 Å². The van der Waals surface area contributed by atoms with Gasteiger partial charge in [-0.3, -0.25) is 9.36 Å². The van der Waals surface area contributed by atoms with Crippen LogP contribution < -0.4 is 11.0 Å². The molecule has 122 valence electrons. The molecule has 0 radical (unpaired) electrons. The highest BCUT2D eigenvalue weighted by molar-refractivity contribution is 8.00. The summed E-state index contributed by atoms with van der Waals surface area (Å²) in [5, 5.41) is 9.70. The lowest BCUT2D eigenvalue weighted by atomic mass is 10.3. The largest absolute Gasteiger partial charge is 0.344 e. The summed E-state index contributed by atoms with van der Waals surface area (Å²) in [5.74, 6) is -0.103. The maximum Gasteiger partial charge on any atom is 0.344 e. The molecule has 2 N–H and O–H groups in total. The monoisotopic (exact) mass is 350 g/mol. The van der Waals surface area contributed by atoms with Gasteiger partial charge in [0.25, 0.3) is 0 Å². The Labute approximate surface area is 142 Å². The van der Waals surface area contributed by atoms with Crippen molar-refractivity contribution in [2.45, 2.75) is 41.1 Å². The van der Waals surface area contributed by atoms with Gasteiger partial charge < -0.3 is 5.32 Å². The minimum absolute atomic E-state index is 0.103. The number of nitrogens with zero attached hydrogens (tertiary/aromatic N) is 2. The Morgan fingerprint density at radius 2 is 2.17 bits per heavy atom. The second-order valence-electron chi connectivity index (χ2n) is 5.36. The smallest absolute Gasteiger partial charge is 0.324 e. The zero-order valence-electron chi connectivity index (χ0n) is 12.9. The Bertz CT molecular complexity index is 767. The maximum atomic E-state index is 12.4. The van der Waals surface area contributed by atoms with Crippen molar-refractivity contribution in [2.75, 3.05) is 11.6 Å². The van der Waals surface area contributed by atoms with E-state index in [2.05, 4.69) is 15.5 Å². The van der Waals surface area contributed by atoms with Gasteiger partial charge in [-0.05, 0) is 38.2 Å². The first kappa shape index (κ1) is 16.2. The first-order chi connectivity index (χ1) is 11.1. The molecule has 1 fully saturated rings. The zero-order chi connectivity index (χ0) is 16.4. The molecule has 1 aromatic carbocycles. The molecular formula is C15H18N4O2S2. The van der Waals surface area contributed by atoms with Gasteiger partial charge in [-0.2, -0.15) is 0 Å². The Morgan fingerprint density at radius 1 is 1.43 bits per heavy atom. The van der Waals surface area contributed by atoms with E-state index in [0.29, 0.717) is 5.16 Å². The van der Waals surface area contributed by atoms with Crippen LogP contribution in [0.4, 0.5) is 5.69 Å². The van der Waals surface area contributed by atoms with Crippen LogP contribution in [0.3, 0.4) is 0 Å². The second-order valence-corrected chi connectivity index (χ2v) is 7.52. The minimum atomic E-state index is -0.349. The Morgan fingerprint density at radius 3 is 2.87 bits per heavy atom. The first-order valence-corrected chi connectivity index (χ1v) is 9.48. The molecule has 0 aliphatic heterocycles. The molecule has 3 rings (SSSR count). The van der Waals surface area contributed by atoms with Crippen LogP contribution in [0.25, 0.3) is 0 Å². The van der Waals surface area contributed by atoms with Gasteiger partial charge in [-0.25, -0.2) is 9.89 Å². The van der Waals surface area contributed by atoms with Crippen LogP contribution in [0.15, 0.2) is 39.1 Å². The summed E-state index contributed by atoms with van der Waals surface area (Å²) in [7, 11) is 0. The maximum absolute atomic E-state index is 12.4. The third-order valence-electron chi connectivity index (χ3n) is 3.60. The lowest BCUT2D eigenvalue weighted by molar-refractivity contribution is -0.115. The first-order valence-electron chi connectivity index (χ1n) is 7.37. The number of thioether (sulfide) groups is 2. The number of anilines is 1. The van der Waals surface area contributed by atoms with E-state index >= 15 is 0 Å². The predicted molar refractivity (Wildman–Crippen MR) is 93.3 cm³/mol. The average Bonchev–Trinajstić information content (AvgIpc) is 3.32. The second kappa shape index (κ2) is 6.84. The van der Waals surface area contributed by atoms with Crippen molar-refractivity contribution in [3.63, 3.8) is 0 Å². The molecule has 0 saturated heterocycles. The minimum Gasteiger partial charge on any atom is -0.324 e. The van der Waals surface area contributed by atoms with Gasteiger partial charge in [-0.1, -0.05) is 23.9 Å². The number of H-pyrrole nitrogens is 1. The Hall–Kier alpha value is -1.67. The lowest BCUT2D eigenvalue weighted by Gasteiger charge is -2.13. The third-order valence-corrected chi connectivity index (χ3v) is 5.46. The van der Waals surface area contributed by atoms with Gasteiger partial charge in [0, 0.05) is 10.9 Å². The Kier molecular flexibility index (Phi) is 4.82. The highest BCUT2D eigenvalue weighted by Gasteiger charge is 2.30. The molecule has 2 aromatic rings. The summed E-state index contributed by atoms with van der Waals surface area (Å²) in [6, 6.07) is 7.92. The topological polar surface area (TPSA) is 79.8 Å². The van der Waals surface area contributed by atoms with Crippen molar-refractivity contribution >= 4 is 35.1 Å². The number of rotatable bonds is 6. The number of nitrogens with one attached hydrogen (secondary N) is 2. The van der Waals surface area contributed by atoms with E-state index in [4.69, 9.17) is 0 Å². The standard InChI is InChI=1S/C15H18N4O2S2/c1-9(13(20)16-11-5-3-4-6-12(11)22-2)23-15-18-17-14(21)19(15)10-7-8-10/h3-6,9-10H,7-8H2,1-2H3,(H,16,20)(H,17,21)/t9-/m1/s1. The van der Waals surface area contributed by atoms with Crippen molar-refractivity contribution in [3.05, 3.63) is 34.7 Å². The van der Waals surface area contributed by atoms with Gasteiger partial charge in [-0.15, -0.1) is 16.9 Å².